The quantitative estimate of drug-likeness (QED) is 0.110. The summed E-state index contributed by atoms with van der Waals surface area (Å²) in [4.78, 5) is 21.9. The van der Waals surface area contributed by atoms with Crippen LogP contribution in [0.25, 0.3) is 5.57 Å². The molecule has 276 valence electrons. The molecule has 1 aromatic heterocycles. The molecule has 6 rings (SSSR count). The first-order chi connectivity index (χ1) is 25.2. The second-order valence-corrected chi connectivity index (χ2v) is 14.0. The van der Waals surface area contributed by atoms with Crippen molar-refractivity contribution in [3.63, 3.8) is 0 Å². The summed E-state index contributed by atoms with van der Waals surface area (Å²) in [5, 5.41) is 1.79. The van der Waals surface area contributed by atoms with Crippen LogP contribution >= 0.6 is 51.8 Å². The average Bonchev–Trinajstić information content (AvgIpc) is 3.15. The molecule has 0 N–H and O–H groups in total. The Hall–Kier alpha value is -4.05. The first-order valence-corrected chi connectivity index (χ1v) is 18.3. The Morgan fingerprint density at radius 2 is 1.51 bits per heavy atom. The molecule has 5 aromatic rings. The molecule has 1 amide bonds. The fourth-order valence-electron chi connectivity index (χ4n) is 5.85. The van der Waals surface area contributed by atoms with Gasteiger partial charge in [-0.05, 0) is 90.2 Å². The summed E-state index contributed by atoms with van der Waals surface area (Å²) in [7, 11) is 0. The van der Waals surface area contributed by atoms with E-state index in [0.29, 0.717) is 58.8 Å². The van der Waals surface area contributed by atoms with Gasteiger partial charge in [-0.1, -0.05) is 77.3 Å². The normalized spacial score (nSPS) is 13.3. The Balaban J connectivity index is 0.00000541. The number of rotatable bonds is 13. The largest absolute Gasteiger partial charge is 0.493 e. The van der Waals surface area contributed by atoms with Crippen molar-refractivity contribution in [3.05, 3.63) is 152 Å². The number of hydrogen-bond donors (Lipinski definition) is 0. The van der Waals surface area contributed by atoms with Crippen molar-refractivity contribution >= 4 is 63.3 Å². The van der Waals surface area contributed by atoms with Gasteiger partial charge in [0.15, 0.2) is 5.75 Å². The van der Waals surface area contributed by atoms with E-state index in [1.807, 2.05) is 79.4 Å². The molecular formula is C42H41BrCl3N3O4. The summed E-state index contributed by atoms with van der Waals surface area (Å²) in [5.74, 6) is 2.31. The zero-order valence-corrected chi connectivity index (χ0v) is 33.5. The number of aryl methyl sites for hydroxylation is 1. The van der Waals surface area contributed by atoms with Crippen molar-refractivity contribution in [2.45, 2.75) is 33.4 Å². The monoisotopic (exact) mass is 835 g/mol. The number of benzene rings is 4. The van der Waals surface area contributed by atoms with Gasteiger partial charge < -0.3 is 19.1 Å². The fourth-order valence-corrected chi connectivity index (χ4v) is 6.48. The third-order valence-electron chi connectivity index (χ3n) is 8.88. The predicted octanol–water partition coefficient (Wildman–Crippen LogP) is 10.7. The lowest BCUT2D eigenvalue weighted by atomic mass is 10.0. The number of amides is 1. The van der Waals surface area contributed by atoms with Gasteiger partial charge in [-0.3, -0.25) is 9.69 Å². The number of allylic oxidation sites excluding steroid dienone is 1. The Kier molecular flexibility index (Phi) is 14.6. The molecule has 4 aromatic carbocycles. The maximum atomic E-state index is 13.3. The maximum Gasteiger partial charge on any atom is 0.246 e. The van der Waals surface area contributed by atoms with Gasteiger partial charge in [0.25, 0.3) is 0 Å². The van der Waals surface area contributed by atoms with E-state index >= 15 is 0 Å². The molecule has 1 saturated heterocycles. The highest BCUT2D eigenvalue weighted by Crippen LogP contribution is 2.35. The number of carbonyl (C=O) groups is 1. The van der Waals surface area contributed by atoms with Crippen LogP contribution < -0.4 is 14.2 Å². The molecule has 53 heavy (non-hydrogen) atoms. The third kappa shape index (κ3) is 11.5. The number of nitrogens with zero attached hydrogens (tertiary/aromatic N) is 3. The van der Waals surface area contributed by atoms with E-state index in [-0.39, 0.29) is 22.9 Å². The average molecular weight is 838 g/mol. The molecule has 0 radical (unpaired) electrons. The van der Waals surface area contributed by atoms with Crippen LogP contribution in [0, 0.1) is 6.92 Å². The van der Waals surface area contributed by atoms with Crippen molar-refractivity contribution in [3.8, 4) is 23.1 Å². The molecule has 7 nitrogen and oxygen atoms in total. The summed E-state index contributed by atoms with van der Waals surface area (Å²) in [5.41, 5.74) is 5.90. The van der Waals surface area contributed by atoms with E-state index in [1.54, 1.807) is 24.4 Å². The van der Waals surface area contributed by atoms with Crippen molar-refractivity contribution in [1.29, 1.82) is 0 Å². The lowest BCUT2D eigenvalue weighted by Gasteiger charge is -2.34. The summed E-state index contributed by atoms with van der Waals surface area (Å²) < 4.78 is 17.7. The van der Waals surface area contributed by atoms with Gasteiger partial charge in [-0.15, -0.1) is 17.0 Å². The molecule has 0 unspecified atom stereocenters. The molecule has 1 aliphatic heterocycles. The van der Waals surface area contributed by atoms with Crippen LogP contribution in [0.3, 0.4) is 0 Å². The van der Waals surface area contributed by atoms with Crippen molar-refractivity contribution in [2.75, 3.05) is 32.8 Å². The molecule has 0 atom stereocenters. The summed E-state index contributed by atoms with van der Waals surface area (Å²) in [6, 6.07) is 30.9. The van der Waals surface area contributed by atoms with Crippen molar-refractivity contribution in [2.24, 2.45) is 0 Å². The zero-order valence-electron chi connectivity index (χ0n) is 29.6. The van der Waals surface area contributed by atoms with E-state index in [2.05, 4.69) is 34.1 Å². The topological polar surface area (TPSA) is 64.1 Å². The number of aromatic nitrogens is 1. The maximum absolute atomic E-state index is 13.3. The van der Waals surface area contributed by atoms with Crippen LogP contribution in [0.1, 0.15) is 34.7 Å². The molecule has 1 aliphatic rings. The van der Waals surface area contributed by atoms with Gasteiger partial charge in [-0.2, -0.15) is 0 Å². The predicted molar refractivity (Wildman–Crippen MR) is 219 cm³/mol. The van der Waals surface area contributed by atoms with E-state index < -0.39 is 0 Å². The molecule has 0 spiro atoms. The van der Waals surface area contributed by atoms with Crippen molar-refractivity contribution in [1.82, 2.24) is 14.8 Å². The van der Waals surface area contributed by atoms with E-state index in [4.69, 9.17) is 49.0 Å². The summed E-state index contributed by atoms with van der Waals surface area (Å²) in [6.07, 6.45) is 4.12. The lowest BCUT2D eigenvalue weighted by molar-refractivity contribution is -0.127. The van der Waals surface area contributed by atoms with Gasteiger partial charge in [-0.25, -0.2) is 4.98 Å². The van der Waals surface area contributed by atoms with Crippen LogP contribution in [-0.4, -0.2) is 53.5 Å². The number of piperazine rings is 1. The second-order valence-electron chi connectivity index (χ2n) is 12.7. The van der Waals surface area contributed by atoms with E-state index in [1.165, 1.54) is 11.1 Å². The van der Waals surface area contributed by atoms with Crippen LogP contribution in [0.5, 0.6) is 23.1 Å². The minimum atomic E-state index is -0.00234. The summed E-state index contributed by atoms with van der Waals surface area (Å²) >= 11 is 18.9. The highest BCUT2D eigenvalue weighted by Gasteiger charge is 2.21. The molecule has 0 saturated carbocycles. The number of halogens is 4. The lowest BCUT2D eigenvalue weighted by Crippen LogP contribution is -2.47. The molecule has 0 aliphatic carbocycles. The highest BCUT2D eigenvalue weighted by atomic mass is 79.9. The first-order valence-electron chi connectivity index (χ1n) is 17.2. The number of pyridine rings is 1. The van der Waals surface area contributed by atoms with E-state index in [0.717, 1.165) is 54.1 Å². The SMILES string of the molecule is Br.C/C(=C\C(=O)N1CCN(Cc2ccc(CCOc3ccc(Cl)cc3)cc2)CC1)c1cc(C)c(Oc2ccc(OCc3ccccc3Cl)cn2)c(Cl)c1. The fraction of sp³-hybridized carbons (Fsp3) is 0.238. The Bertz CT molecular complexity index is 1980. The van der Waals surface area contributed by atoms with Gasteiger partial charge in [0.2, 0.25) is 11.8 Å². The Morgan fingerprint density at radius 3 is 2.19 bits per heavy atom. The van der Waals surface area contributed by atoms with Gasteiger partial charge in [0, 0.05) is 66.9 Å². The minimum absolute atomic E-state index is 0. The minimum Gasteiger partial charge on any atom is -0.493 e. The molecule has 11 heteroatoms. The number of ether oxygens (including phenoxy) is 3. The Morgan fingerprint density at radius 1 is 0.811 bits per heavy atom. The van der Waals surface area contributed by atoms with Gasteiger partial charge in [0.1, 0.15) is 18.1 Å². The second kappa shape index (κ2) is 19.3. The number of carbonyl (C=O) groups excluding carboxylic acids is 1. The highest BCUT2D eigenvalue weighted by molar-refractivity contribution is 8.93. The zero-order chi connectivity index (χ0) is 36.5. The number of hydrogen-bond acceptors (Lipinski definition) is 6. The first kappa shape index (κ1) is 40.1. The smallest absolute Gasteiger partial charge is 0.246 e. The van der Waals surface area contributed by atoms with Gasteiger partial charge in [0.05, 0.1) is 17.8 Å². The molecule has 1 fully saturated rings. The van der Waals surface area contributed by atoms with E-state index in [9.17, 15) is 4.79 Å². The van der Waals surface area contributed by atoms with Crippen LogP contribution in [0.15, 0.2) is 109 Å². The molecule has 0 bridgehead atoms. The Labute approximate surface area is 336 Å². The standard InChI is InChI=1S/C42H40Cl3N3O4.BrH/c1-29(34-23-30(2)42(39(45)25-34)52-40-16-15-37(26-46-40)51-28-33-5-3-4-6-38(33)44)24-41(49)48-20-18-47(19-21-48)27-32-9-7-31(8-10-32)17-22-50-36-13-11-35(43)12-14-36;/h3-16,23-26H,17-22,27-28H2,1-2H3;1H/b29-24+;. The van der Waals surface area contributed by atoms with Crippen LogP contribution in [-0.2, 0) is 24.4 Å². The van der Waals surface area contributed by atoms with Gasteiger partial charge >= 0.3 is 0 Å². The molecule has 2 heterocycles. The molecular weight excluding hydrogens is 797 g/mol. The van der Waals surface area contributed by atoms with Crippen molar-refractivity contribution < 1.29 is 19.0 Å². The third-order valence-corrected chi connectivity index (χ3v) is 9.78. The van der Waals surface area contributed by atoms with Crippen LogP contribution in [0.4, 0.5) is 0 Å². The van der Waals surface area contributed by atoms with Crippen LogP contribution in [0.2, 0.25) is 15.1 Å². The summed E-state index contributed by atoms with van der Waals surface area (Å²) in [6.45, 7) is 8.61.